The number of aromatic nitrogens is 1. The molecule has 1 aliphatic rings. The van der Waals surface area contributed by atoms with Gasteiger partial charge in [0.15, 0.2) is 5.96 Å². The molecule has 0 spiro atoms. The number of hydrogen-bond acceptors (Lipinski definition) is 3. The molecule has 1 amide bonds. The lowest BCUT2D eigenvalue weighted by Gasteiger charge is -2.20. The molecule has 1 aromatic rings. The number of nitrogens with zero attached hydrogens (tertiary/aromatic N) is 3. The van der Waals surface area contributed by atoms with E-state index in [-0.39, 0.29) is 23.4 Å². The fourth-order valence-electron chi connectivity index (χ4n) is 3.09. The van der Waals surface area contributed by atoms with Gasteiger partial charge in [0.05, 0.1) is 0 Å². The fourth-order valence-corrected chi connectivity index (χ4v) is 3.09. The summed E-state index contributed by atoms with van der Waals surface area (Å²) < 4.78 is 1.73. The summed E-state index contributed by atoms with van der Waals surface area (Å²) in [6.45, 7) is 6.93. The van der Waals surface area contributed by atoms with E-state index in [1.807, 2.05) is 31.0 Å². The Kier molecular flexibility index (Phi) is 7.69. The number of aliphatic imine (C=N–C) groups is 1. The first-order valence-electron chi connectivity index (χ1n) is 9.42. The van der Waals surface area contributed by atoms with Crippen LogP contribution >= 0.6 is 0 Å². The molecule has 1 aromatic heterocycles. The first-order valence-corrected chi connectivity index (χ1v) is 9.42. The normalized spacial score (nSPS) is 17.6. The molecule has 0 aliphatic carbocycles. The predicted molar refractivity (Wildman–Crippen MR) is 104 cm³/mol. The summed E-state index contributed by atoms with van der Waals surface area (Å²) >= 11 is 0. The molecule has 0 bridgehead atoms. The number of carbonyl (C=O) groups excluding carboxylic acids is 1. The number of likely N-dealkylation sites (tertiary alicyclic amines) is 1. The van der Waals surface area contributed by atoms with Crippen LogP contribution in [0.5, 0.6) is 0 Å². The minimum Gasteiger partial charge on any atom is -0.356 e. The van der Waals surface area contributed by atoms with E-state index in [0.29, 0.717) is 0 Å². The van der Waals surface area contributed by atoms with Gasteiger partial charge in [-0.3, -0.25) is 14.6 Å². The monoisotopic (exact) mass is 361 g/mol. The van der Waals surface area contributed by atoms with Crippen molar-refractivity contribution in [2.24, 2.45) is 10.9 Å². The van der Waals surface area contributed by atoms with Gasteiger partial charge in [0.1, 0.15) is 0 Å². The Balaban J connectivity index is 1.66. The third-order valence-corrected chi connectivity index (χ3v) is 4.58. The Labute approximate surface area is 155 Å². The fraction of sp³-hybridized carbons (Fsp3) is 0.632. The number of rotatable bonds is 7. The Morgan fingerprint density at radius 2 is 2.15 bits per heavy atom. The smallest absolute Gasteiger partial charge is 0.250 e. The van der Waals surface area contributed by atoms with E-state index >= 15 is 0 Å². The minimum atomic E-state index is 0.0414. The van der Waals surface area contributed by atoms with Gasteiger partial charge < -0.3 is 20.1 Å². The topological polar surface area (TPSA) is 78.7 Å². The number of pyridine rings is 1. The molecule has 144 valence electrons. The van der Waals surface area contributed by atoms with E-state index in [2.05, 4.69) is 15.6 Å². The third-order valence-electron chi connectivity index (χ3n) is 4.58. The average molecular weight is 361 g/mol. The third kappa shape index (κ3) is 5.89. The second-order valence-electron chi connectivity index (χ2n) is 7.01. The number of nitrogens with one attached hydrogen (secondary N) is 2. The van der Waals surface area contributed by atoms with E-state index in [9.17, 15) is 9.59 Å². The van der Waals surface area contributed by atoms with Crippen LogP contribution in [-0.4, -0.2) is 54.1 Å². The molecular formula is C19H31N5O2. The van der Waals surface area contributed by atoms with E-state index < -0.39 is 0 Å². The molecule has 1 aliphatic heterocycles. The molecule has 0 aromatic carbocycles. The molecular weight excluding hydrogens is 330 g/mol. The van der Waals surface area contributed by atoms with Crippen molar-refractivity contribution in [1.29, 1.82) is 0 Å². The SMILES string of the molecule is CN=C(NCCCCn1ccccc1=O)NC1CCN(C(=O)C(C)C)C1. The van der Waals surface area contributed by atoms with Gasteiger partial charge in [0, 0.05) is 57.4 Å². The maximum atomic E-state index is 12.1. The lowest BCUT2D eigenvalue weighted by atomic mass is 10.2. The highest BCUT2D eigenvalue weighted by molar-refractivity contribution is 5.81. The summed E-state index contributed by atoms with van der Waals surface area (Å²) in [6.07, 6.45) is 4.63. The molecule has 0 saturated carbocycles. The highest BCUT2D eigenvalue weighted by Gasteiger charge is 2.27. The average Bonchev–Trinajstić information content (AvgIpc) is 3.09. The summed E-state index contributed by atoms with van der Waals surface area (Å²) in [5.41, 5.74) is 0.0414. The summed E-state index contributed by atoms with van der Waals surface area (Å²) in [7, 11) is 1.75. The molecule has 2 N–H and O–H groups in total. The molecule has 7 heteroatoms. The molecule has 1 atom stereocenters. The van der Waals surface area contributed by atoms with Crippen LogP contribution in [0.4, 0.5) is 0 Å². The Hall–Kier alpha value is -2.31. The molecule has 1 saturated heterocycles. The molecule has 26 heavy (non-hydrogen) atoms. The number of hydrogen-bond donors (Lipinski definition) is 2. The van der Waals surface area contributed by atoms with Crippen LogP contribution < -0.4 is 16.2 Å². The van der Waals surface area contributed by atoms with Crippen molar-refractivity contribution in [2.75, 3.05) is 26.7 Å². The maximum absolute atomic E-state index is 12.1. The standard InChI is InChI=1S/C19H31N5O2/c1-15(2)18(26)24-13-9-16(14-24)22-19(20-3)21-10-5-7-12-23-11-6-4-8-17(23)25/h4,6,8,11,15-16H,5,7,9-10,12-14H2,1-3H3,(H2,20,21,22). The van der Waals surface area contributed by atoms with Crippen LogP contribution in [0.15, 0.2) is 34.2 Å². The highest BCUT2D eigenvalue weighted by Crippen LogP contribution is 2.12. The number of amides is 1. The van der Waals surface area contributed by atoms with Gasteiger partial charge >= 0.3 is 0 Å². The van der Waals surface area contributed by atoms with Crippen LogP contribution in [0, 0.1) is 5.92 Å². The summed E-state index contributed by atoms with van der Waals surface area (Å²) in [5.74, 6) is 1.03. The van der Waals surface area contributed by atoms with Crippen LogP contribution in [0.25, 0.3) is 0 Å². The lowest BCUT2D eigenvalue weighted by molar-refractivity contribution is -0.133. The van der Waals surface area contributed by atoms with Crippen LogP contribution in [-0.2, 0) is 11.3 Å². The van der Waals surface area contributed by atoms with E-state index in [0.717, 1.165) is 51.4 Å². The van der Waals surface area contributed by atoms with Crippen molar-refractivity contribution >= 4 is 11.9 Å². The maximum Gasteiger partial charge on any atom is 0.250 e. The molecule has 0 radical (unpaired) electrons. The Bertz CT molecular complexity index is 668. The molecule has 2 rings (SSSR count). The lowest BCUT2D eigenvalue weighted by Crippen LogP contribution is -2.45. The Morgan fingerprint density at radius 3 is 2.85 bits per heavy atom. The largest absolute Gasteiger partial charge is 0.356 e. The van der Waals surface area contributed by atoms with E-state index in [1.165, 1.54) is 0 Å². The first kappa shape index (κ1) is 20.0. The van der Waals surface area contributed by atoms with Crippen molar-refractivity contribution in [2.45, 2.75) is 45.7 Å². The van der Waals surface area contributed by atoms with Gasteiger partial charge in [-0.2, -0.15) is 0 Å². The van der Waals surface area contributed by atoms with Crippen molar-refractivity contribution in [3.8, 4) is 0 Å². The number of unbranched alkanes of at least 4 members (excludes halogenated alkanes) is 1. The van der Waals surface area contributed by atoms with Crippen molar-refractivity contribution in [3.05, 3.63) is 34.7 Å². The zero-order valence-corrected chi connectivity index (χ0v) is 16.1. The predicted octanol–water partition coefficient (Wildman–Crippen LogP) is 1.05. The summed E-state index contributed by atoms with van der Waals surface area (Å²) in [6, 6.07) is 5.46. The van der Waals surface area contributed by atoms with Crippen LogP contribution in [0.2, 0.25) is 0 Å². The van der Waals surface area contributed by atoms with Gasteiger partial charge in [-0.05, 0) is 25.3 Å². The molecule has 1 fully saturated rings. The Morgan fingerprint density at radius 1 is 1.35 bits per heavy atom. The molecule has 2 heterocycles. The number of aryl methyl sites for hydroxylation is 1. The van der Waals surface area contributed by atoms with Crippen LogP contribution in [0.3, 0.4) is 0 Å². The van der Waals surface area contributed by atoms with Gasteiger partial charge in [-0.1, -0.05) is 19.9 Å². The van der Waals surface area contributed by atoms with Crippen molar-refractivity contribution < 1.29 is 4.79 Å². The molecule has 7 nitrogen and oxygen atoms in total. The number of guanidine groups is 1. The van der Waals surface area contributed by atoms with Crippen LogP contribution in [0.1, 0.15) is 33.1 Å². The van der Waals surface area contributed by atoms with Gasteiger partial charge in [-0.15, -0.1) is 0 Å². The first-order chi connectivity index (χ1) is 12.5. The summed E-state index contributed by atoms with van der Waals surface area (Å²) in [4.78, 5) is 29.9. The highest BCUT2D eigenvalue weighted by atomic mass is 16.2. The van der Waals surface area contributed by atoms with Crippen molar-refractivity contribution in [3.63, 3.8) is 0 Å². The second-order valence-corrected chi connectivity index (χ2v) is 7.01. The van der Waals surface area contributed by atoms with Gasteiger partial charge in [-0.25, -0.2) is 0 Å². The minimum absolute atomic E-state index is 0.0414. The zero-order chi connectivity index (χ0) is 18.9. The second kappa shape index (κ2) is 9.99. The number of carbonyl (C=O) groups is 1. The van der Waals surface area contributed by atoms with Gasteiger partial charge in [0.25, 0.3) is 0 Å². The zero-order valence-electron chi connectivity index (χ0n) is 16.1. The quantitative estimate of drug-likeness (QED) is 0.432. The molecule has 1 unspecified atom stereocenters. The van der Waals surface area contributed by atoms with Crippen molar-refractivity contribution in [1.82, 2.24) is 20.1 Å². The summed E-state index contributed by atoms with van der Waals surface area (Å²) in [5, 5.41) is 6.71. The van der Waals surface area contributed by atoms with E-state index in [1.54, 1.807) is 23.7 Å². The van der Waals surface area contributed by atoms with Gasteiger partial charge in [0.2, 0.25) is 11.5 Å². The van der Waals surface area contributed by atoms with E-state index in [4.69, 9.17) is 0 Å².